The van der Waals surface area contributed by atoms with Gasteiger partial charge in [-0.1, -0.05) is 55.1 Å². The minimum absolute atomic E-state index is 0.00360. The van der Waals surface area contributed by atoms with Crippen molar-refractivity contribution in [1.29, 1.82) is 0 Å². The van der Waals surface area contributed by atoms with Gasteiger partial charge in [0.25, 0.3) is 0 Å². The fourth-order valence-corrected chi connectivity index (χ4v) is 4.22. The maximum atomic E-state index is 10.9. The predicted octanol–water partition coefficient (Wildman–Crippen LogP) is 6.62. The molecule has 0 saturated heterocycles. The second kappa shape index (κ2) is 10.1. The number of phenolic OH excluding ortho intramolecular Hbond substituents is 2. The van der Waals surface area contributed by atoms with Crippen molar-refractivity contribution >= 4 is 15.9 Å². The number of phenols is 2. The number of rotatable bonds is 10. The van der Waals surface area contributed by atoms with Crippen LogP contribution in [0.5, 0.6) is 17.2 Å². The van der Waals surface area contributed by atoms with E-state index in [1.807, 2.05) is 0 Å². The highest BCUT2D eigenvalue weighted by atomic mass is 79.9. The van der Waals surface area contributed by atoms with E-state index in [1.54, 1.807) is 51.3 Å². The number of alkyl halides is 1. The summed E-state index contributed by atoms with van der Waals surface area (Å²) in [5, 5.41) is 33.4. The smallest absolute Gasteiger partial charge is 0.127 e. The van der Waals surface area contributed by atoms with Crippen molar-refractivity contribution in [2.75, 3.05) is 12.4 Å². The highest BCUT2D eigenvalue weighted by Crippen LogP contribution is 2.46. The molecule has 0 aliphatic rings. The average Bonchev–Trinajstić information content (AvgIpc) is 2.66. The Morgan fingerprint density at radius 3 is 2.03 bits per heavy atom. The molecule has 5 heteroatoms. The Balaban J connectivity index is 2.42. The zero-order valence-corrected chi connectivity index (χ0v) is 20.3. The molecule has 0 unspecified atom stereocenters. The third kappa shape index (κ3) is 5.92. The lowest BCUT2D eigenvalue weighted by Crippen LogP contribution is -2.18. The molecular formula is C25H35BrO4. The van der Waals surface area contributed by atoms with Crippen LogP contribution in [0.4, 0.5) is 0 Å². The standard InChI is InChI=1S/C25H35BrO4/c1-24(2,12-8-6-7-9-13-26)17-14-21(27)23(22(28)15-17)19-16-18(30-5)10-11-20(19)25(3,4)29/h10-11,14-16,27-29H,6-9,12-13H2,1-5H3. The molecule has 0 aliphatic carbocycles. The van der Waals surface area contributed by atoms with Crippen molar-refractivity contribution in [2.45, 2.75) is 70.8 Å². The molecule has 0 heterocycles. The quantitative estimate of drug-likeness (QED) is 0.265. The maximum Gasteiger partial charge on any atom is 0.127 e. The molecule has 0 bridgehead atoms. The Labute approximate surface area is 189 Å². The Morgan fingerprint density at radius 1 is 0.900 bits per heavy atom. The van der Waals surface area contributed by atoms with Gasteiger partial charge in [-0.2, -0.15) is 0 Å². The number of aliphatic hydroxyl groups is 1. The SMILES string of the molecule is COc1ccc(C(C)(C)O)c(-c2c(O)cc(C(C)(C)CCCCCCBr)cc2O)c1. The second-order valence-electron chi connectivity index (χ2n) is 9.10. The Morgan fingerprint density at radius 2 is 1.50 bits per heavy atom. The zero-order chi connectivity index (χ0) is 22.5. The van der Waals surface area contributed by atoms with Gasteiger partial charge in [-0.15, -0.1) is 0 Å². The number of aromatic hydroxyl groups is 2. The van der Waals surface area contributed by atoms with E-state index in [-0.39, 0.29) is 16.9 Å². The number of benzene rings is 2. The lowest BCUT2D eigenvalue weighted by atomic mass is 9.78. The van der Waals surface area contributed by atoms with Gasteiger partial charge >= 0.3 is 0 Å². The molecule has 0 aliphatic heterocycles. The second-order valence-corrected chi connectivity index (χ2v) is 9.89. The third-order valence-corrected chi connectivity index (χ3v) is 6.28. The van der Waals surface area contributed by atoms with Crippen LogP contribution in [0.25, 0.3) is 11.1 Å². The van der Waals surface area contributed by atoms with Crippen LogP contribution in [0.3, 0.4) is 0 Å². The largest absolute Gasteiger partial charge is 0.507 e. The molecule has 2 aromatic carbocycles. The summed E-state index contributed by atoms with van der Waals surface area (Å²) in [6.45, 7) is 7.64. The van der Waals surface area contributed by atoms with Crippen LogP contribution < -0.4 is 4.74 Å². The summed E-state index contributed by atoms with van der Waals surface area (Å²) in [6, 6.07) is 8.73. The van der Waals surface area contributed by atoms with Gasteiger partial charge in [0.1, 0.15) is 17.2 Å². The number of halogens is 1. The Hall–Kier alpha value is -1.72. The van der Waals surface area contributed by atoms with E-state index >= 15 is 0 Å². The molecule has 2 rings (SSSR count). The van der Waals surface area contributed by atoms with E-state index < -0.39 is 5.60 Å². The molecule has 2 aromatic rings. The fourth-order valence-electron chi connectivity index (χ4n) is 3.83. The van der Waals surface area contributed by atoms with E-state index in [4.69, 9.17) is 4.74 Å². The summed E-state index contributed by atoms with van der Waals surface area (Å²) in [7, 11) is 1.56. The lowest BCUT2D eigenvalue weighted by molar-refractivity contribution is 0.0791. The molecule has 0 radical (unpaired) electrons. The van der Waals surface area contributed by atoms with Crippen molar-refractivity contribution < 1.29 is 20.1 Å². The number of unbranched alkanes of at least 4 members (excludes halogenated alkanes) is 3. The van der Waals surface area contributed by atoms with E-state index in [0.29, 0.717) is 22.4 Å². The fraction of sp³-hybridized carbons (Fsp3) is 0.520. The zero-order valence-electron chi connectivity index (χ0n) is 18.8. The maximum absolute atomic E-state index is 10.9. The van der Waals surface area contributed by atoms with Crippen LogP contribution in [0.15, 0.2) is 30.3 Å². The summed E-state index contributed by atoms with van der Waals surface area (Å²) in [5.74, 6) is 0.580. The average molecular weight is 479 g/mol. The minimum Gasteiger partial charge on any atom is -0.507 e. The third-order valence-electron chi connectivity index (χ3n) is 5.72. The first-order valence-corrected chi connectivity index (χ1v) is 11.7. The monoisotopic (exact) mass is 478 g/mol. The number of hydrogen-bond donors (Lipinski definition) is 3. The van der Waals surface area contributed by atoms with Crippen molar-refractivity contribution in [3.8, 4) is 28.4 Å². The first-order valence-electron chi connectivity index (χ1n) is 10.5. The molecule has 4 nitrogen and oxygen atoms in total. The highest BCUT2D eigenvalue weighted by molar-refractivity contribution is 9.09. The van der Waals surface area contributed by atoms with Gasteiger partial charge < -0.3 is 20.1 Å². The van der Waals surface area contributed by atoms with Crippen molar-refractivity contribution in [3.05, 3.63) is 41.5 Å². The minimum atomic E-state index is -1.15. The first kappa shape index (κ1) is 24.5. The molecule has 0 fully saturated rings. The Kier molecular flexibility index (Phi) is 8.23. The van der Waals surface area contributed by atoms with Crippen LogP contribution >= 0.6 is 15.9 Å². The van der Waals surface area contributed by atoms with Gasteiger partial charge in [0, 0.05) is 5.33 Å². The molecule has 166 valence electrons. The van der Waals surface area contributed by atoms with Gasteiger partial charge in [0.2, 0.25) is 0 Å². The topological polar surface area (TPSA) is 69.9 Å². The van der Waals surface area contributed by atoms with Gasteiger partial charge in [-0.3, -0.25) is 0 Å². The van der Waals surface area contributed by atoms with E-state index in [1.165, 1.54) is 19.3 Å². The molecule has 0 spiro atoms. The van der Waals surface area contributed by atoms with E-state index in [2.05, 4.69) is 29.8 Å². The molecule has 0 atom stereocenters. The first-order chi connectivity index (χ1) is 14.0. The van der Waals surface area contributed by atoms with Gasteiger partial charge in [-0.25, -0.2) is 0 Å². The molecule has 0 aromatic heterocycles. The molecule has 0 amide bonds. The molecule has 0 saturated carbocycles. The molecule has 30 heavy (non-hydrogen) atoms. The van der Waals surface area contributed by atoms with Crippen LogP contribution in [0.1, 0.15) is 70.9 Å². The molecule has 3 N–H and O–H groups in total. The van der Waals surface area contributed by atoms with Crippen molar-refractivity contribution in [3.63, 3.8) is 0 Å². The normalized spacial score (nSPS) is 12.2. The number of hydrogen-bond acceptors (Lipinski definition) is 4. The summed E-state index contributed by atoms with van der Waals surface area (Å²) < 4.78 is 5.33. The summed E-state index contributed by atoms with van der Waals surface area (Å²) in [6.07, 6.45) is 5.63. The Bertz CT molecular complexity index is 830. The summed E-state index contributed by atoms with van der Waals surface area (Å²) >= 11 is 3.47. The molecular weight excluding hydrogens is 444 g/mol. The van der Waals surface area contributed by atoms with E-state index in [9.17, 15) is 15.3 Å². The number of methoxy groups -OCH3 is 1. The van der Waals surface area contributed by atoms with Crippen LogP contribution in [-0.4, -0.2) is 27.8 Å². The van der Waals surface area contributed by atoms with Gasteiger partial charge in [0.05, 0.1) is 18.3 Å². The van der Waals surface area contributed by atoms with Crippen LogP contribution in [0.2, 0.25) is 0 Å². The van der Waals surface area contributed by atoms with Crippen molar-refractivity contribution in [2.24, 2.45) is 0 Å². The van der Waals surface area contributed by atoms with Crippen LogP contribution in [-0.2, 0) is 11.0 Å². The van der Waals surface area contributed by atoms with Gasteiger partial charge in [0.15, 0.2) is 0 Å². The van der Waals surface area contributed by atoms with E-state index in [0.717, 1.165) is 23.7 Å². The summed E-state index contributed by atoms with van der Waals surface area (Å²) in [4.78, 5) is 0. The summed E-state index contributed by atoms with van der Waals surface area (Å²) in [5.41, 5.74) is 1.05. The number of ether oxygens (including phenoxy) is 1. The predicted molar refractivity (Wildman–Crippen MR) is 127 cm³/mol. The van der Waals surface area contributed by atoms with Gasteiger partial charge in [-0.05, 0) is 73.1 Å². The lowest BCUT2D eigenvalue weighted by Gasteiger charge is -2.27. The van der Waals surface area contributed by atoms with Crippen molar-refractivity contribution in [1.82, 2.24) is 0 Å². The van der Waals surface area contributed by atoms with Crippen LogP contribution in [0, 0.1) is 0 Å². The highest BCUT2D eigenvalue weighted by Gasteiger charge is 2.27.